The molecule has 0 aliphatic carbocycles. The van der Waals surface area contributed by atoms with Gasteiger partial charge in [-0.25, -0.2) is 9.59 Å². The summed E-state index contributed by atoms with van der Waals surface area (Å²) in [5.41, 5.74) is 5.00. The first-order valence-corrected chi connectivity index (χ1v) is 5.50. The number of urea groups is 1. The predicted molar refractivity (Wildman–Crippen MR) is 59.2 cm³/mol. The van der Waals surface area contributed by atoms with E-state index in [0.717, 1.165) is 0 Å². The third kappa shape index (κ3) is 3.61. The number of likely N-dealkylation sites (tertiary alicyclic amines) is 1. The summed E-state index contributed by atoms with van der Waals surface area (Å²) in [6.45, 7) is 2.07. The standard InChI is InChI=1S/C10H17N3O4/c1-6(5-8(11)14)12-10(17)13-4-2-3-7(13)9(15)16/h6-7H,2-5H2,1H3,(H2,11,14)(H,12,17)(H,15,16)/t6?,7-/m0/s1. The van der Waals surface area contributed by atoms with Crippen LogP contribution in [0.15, 0.2) is 0 Å². The van der Waals surface area contributed by atoms with Crippen molar-refractivity contribution < 1.29 is 19.5 Å². The van der Waals surface area contributed by atoms with Gasteiger partial charge in [0.25, 0.3) is 0 Å². The summed E-state index contributed by atoms with van der Waals surface area (Å²) in [7, 11) is 0. The number of carbonyl (C=O) groups is 3. The number of hydrogen-bond donors (Lipinski definition) is 3. The van der Waals surface area contributed by atoms with Crippen molar-refractivity contribution in [1.82, 2.24) is 10.2 Å². The number of carboxylic acids is 1. The molecule has 0 spiro atoms. The molecule has 0 aromatic carbocycles. The van der Waals surface area contributed by atoms with Crippen LogP contribution in [0.3, 0.4) is 0 Å². The molecule has 0 bridgehead atoms. The molecular weight excluding hydrogens is 226 g/mol. The van der Waals surface area contributed by atoms with Gasteiger partial charge in [-0.3, -0.25) is 4.79 Å². The van der Waals surface area contributed by atoms with Gasteiger partial charge >= 0.3 is 12.0 Å². The lowest BCUT2D eigenvalue weighted by molar-refractivity contribution is -0.141. The number of aliphatic carboxylic acids is 1. The maximum Gasteiger partial charge on any atom is 0.326 e. The molecule has 3 amide bonds. The van der Waals surface area contributed by atoms with E-state index in [1.54, 1.807) is 6.92 Å². The second-order valence-electron chi connectivity index (χ2n) is 4.21. The molecule has 1 aliphatic heterocycles. The lowest BCUT2D eigenvalue weighted by atomic mass is 10.2. The highest BCUT2D eigenvalue weighted by molar-refractivity contribution is 5.84. The van der Waals surface area contributed by atoms with Gasteiger partial charge in [-0.1, -0.05) is 0 Å². The first kappa shape index (κ1) is 13.3. The number of hydrogen-bond acceptors (Lipinski definition) is 3. The van der Waals surface area contributed by atoms with Gasteiger partial charge < -0.3 is 21.1 Å². The Bertz CT molecular complexity index is 332. The molecule has 7 heteroatoms. The van der Waals surface area contributed by atoms with Gasteiger partial charge in [0, 0.05) is 19.0 Å². The molecule has 1 unspecified atom stereocenters. The lowest BCUT2D eigenvalue weighted by Gasteiger charge is -2.23. The highest BCUT2D eigenvalue weighted by Gasteiger charge is 2.34. The van der Waals surface area contributed by atoms with Crippen LogP contribution in [-0.4, -0.2) is 46.5 Å². The van der Waals surface area contributed by atoms with Crippen LogP contribution >= 0.6 is 0 Å². The summed E-state index contributed by atoms with van der Waals surface area (Å²) in [6.07, 6.45) is 1.18. The molecule has 0 radical (unpaired) electrons. The summed E-state index contributed by atoms with van der Waals surface area (Å²) in [4.78, 5) is 34.6. The van der Waals surface area contributed by atoms with Gasteiger partial charge in [-0.2, -0.15) is 0 Å². The van der Waals surface area contributed by atoms with Crippen LogP contribution in [0.1, 0.15) is 26.2 Å². The molecular formula is C10H17N3O4. The summed E-state index contributed by atoms with van der Waals surface area (Å²) in [5.74, 6) is -1.51. The lowest BCUT2D eigenvalue weighted by Crippen LogP contribution is -2.49. The van der Waals surface area contributed by atoms with Crippen LogP contribution in [0.25, 0.3) is 0 Å². The van der Waals surface area contributed by atoms with Crippen LogP contribution in [0.2, 0.25) is 0 Å². The van der Waals surface area contributed by atoms with Crippen LogP contribution < -0.4 is 11.1 Å². The molecule has 1 heterocycles. The van der Waals surface area contributed by atoms with Crippen LogP contribution in [0, 0.1) is 0 Å². The third-order valence-electron chi connectivity index (χ3n) is 2.68. The quantitative estimate of drug-likeness (QED) is 0.618. The van der Waals surface area contributed by atoms with Gasteiger partial charge in [0.05, 0.1) is 0 Å². The van der Waals surface area contributed by atoms with Gasteiger partial charge in [0.2, 0.25) is 5.91 Å². The number of rotatable bonds is 4. The van der Waals surface area contributed by atoms with E-state index in [1.807, 2.05) is 0 Å². The van der Waals surface area contributed by atoms with E-state index in [4.69, 9.17) is 10.8 Å². The zero-order chi connectivity index (χ0) is 13.0. The van der Waals surface area contributed by atoms with Gasteiger partial charge in [0.1, 0.15) is 6.04 Å². The summed E-state index contributed by atoms with van der Waals surface area (Å²) < 4.78 is 0. The molecule has 2 atom stereocenters. The van der Waals surface area contributed by atoms with Crippen molar-refractivity contribution in [3.63, 3.8) is 0 Å². The number of nitrogens with two attached hydrogens (primary N) is 1. The van der Waals surface area contributed by atoms with E-state index >= 15 is 0 Å². The summed E-state index contributed by atoms with van der Waals surface area (Å²) >= 11 is 0. The molecule has 96 valence electrons. The Kier molecular flexibility index (Phi) is 4.30. The number of amides is 3. The van der Waals surface area contributed by atoms with Gasteiger partial charge in [0.15, 0.2) is 0 Å². The average Bonchev–Trinajstić information content (AvgIpc) is 2.63. The topological polar surface area (TPSA) is 113 Å². The van der Waals surface area contributed by atoms with Crippen LogP contribution in [0.5, 0.6) is 0 Å². The number of carboxylic acid groups (broad SMARTS) is 1. The number of carbonyl (C=O) groups excluding carboxylic acids is 2. The van der Waals surface area contributed by atoms with Gasteiger partial charge in [-0.05, 0) is 19.8 Å². The van der Waals surface area contributed by atoms with Crippen molar-refractivity contribution in [2.45, 2.75) is 38.3 Å². The smallest absolute Gasteiger partial charge is 0.326 e. The maximum atomic E-state index is 11.8. The Balaban J connectivity index is 2.52. The Morgan fingerprint density at radius 2 is 2.18 bits per heavy atom. The zero-order valence-corrected chi connectivity index (χ0v) is 9.68. The molecule has 0 aromatic heterocycles. The second-order valence-corrected chi connectivity index (χ2v) is 4.21. The monoisotopic (exact) mass is 243 g/mol. The van der Waals surface area contributed by atoms with E-state index in [1.165, 1.54) is 4.90 Å². The highest BCUT2D eigenvalue weighted by Crippen LogP contribution is 2.17. The minimum atomic E-state index is -1.000. The van der Waals surface area contributed by atoms with Crippen molar-refractivity contribution in [2.24, 2.45) is 5.73 Å². The first-order chi connectivity index (χ1) is 7.91. The van der Waals surface area contributed by atoms with Crippen molar-refractivity contribution in [2.75, 3.05) is 6.54 Å². The molecule has 1 aliphatic rings. The molecule has 1 fully saturated rings. The third-order valence-corrected chi connectivity index (χ3v) is 2.68. The normalized spacial score (nSPS) is 21.0. The minimum absolute atomic E-state index is 0.0390. The Morgan fingerprint density at radius 1 is 1.53 bits per heavy atom. The fourth-order valence-electron chi connectivity index (χ4n) is 1.91. The Morgan fingerprint density at radius 3 is 2.71 bits per heavy atom. The largest absolute Gasteiger partial charge is 0.480 e. The fourth-order valence-corrected chi connectivity index (χ4v) is 1.91. The van der Waals surface area contributed by atoms with Crippen LogP contribution in [-0.2, 0) is 9.59 Å². The van der Waals surface area contributed by atoms with Crippen LogP contribution in [0.4, 0.5) is 4.79 Å². The molecule has 4 N–H and O–H groups in total. The average molecular weight is 243 g/mol. The first-order valence-electron chi connectivity index (χ1n) is 5.50. The Hall–Kier alpha value is -1.79. The zero-order valence-electron chi connectivity index (χ0n) is 9.68. The van der Waals surface area contributed by atoms with E-state index in [0.29, 0.717) is 19.4 Å². The number of nitrogens with one attached hydrogen (secondary N) is 1. The van der Waals surface area contributed by atoms with E-state index in [2.05, 4.69) is 5.32 Å². The molecule has 1 rings (SSSR count). The van der Waals surface area contributed by atoms with Crippen molar-refractivity contribution in [3.8, 4) is 0 Å². The molecule has 7 nitrogen and oxygen atoms in total. The van der Waals surface area contributed by atoms with Gasteiger partial charge in [-0.15, -0.1) is 0 Å². The van der Waals surface area contributed by atoms with Crippen molar-refractivity contribution in [1.29, 1.82) is 0 Å². The van der Waals surface area contributed by atoms with E-state index in [9.17, 15) is 14.4 Å². The number of nitrogens with zero attached hydrogens (tertiary/aromatic N) is 1. The van der Waals surface area contributed by atoms with Crippen molar-refractivity contribution in [3.05, 3.63) is 0 Å². The minimum Gasteiger partial charge on any atom is -0.480 e. The molecule has 0 saturated carbocycles. The maximum absolute atomic E-state index is 11.8. The van der Waals surface area contributed by atoms with E-state index in [-0.39, 0.29) is 6.42 Å². The van der Waals surface area contributed by atoms with E-state index < -0.39 is 30.0 Å². The summed E-state index contributed by atoms with van der Waals surface area (Å²) in [5, 5.41) is 11.5. The molecule has 0 aromatic rings. The Labute approximate surface area is 98.9 Å². The highest BCUT2D eigenvalue weighted by atomic mass is 16.4. The number of primary amides is 1. The SMILES string of the molecule is CC(CC(N)=O)NC(=O)N1CCC[C@H]1C(=O)O. The molecule has 17 heavy (non-hydrogen) atoms. The fraction of sp³-hybridized carbons (Fsp3) is 0.700. The predicted octanol–water partition coefficient (Wildman–Crippen LogP) is -0.491. The molecule has 1 saturated heterocycles. The second kappa shape index (κ2) is 5.51. The van der Waals surface area contributed by atoms with Crippen molar-refractivity contribution >= 4 is 17.9 Å². The summed E-state index contributed by atoms with van der Waals surface area (Å²) in [6, 6.07) is -1.62.